The Labute approximate surface area is 214 Å². The van der Waals surface area contributed by atoms with E-state index in [1.807, 2.05) is 37.6 Å². The van der Waals surface area contributed by atoms with Crippen molar-refractivity contribution in [3.63, 3.8) is 0 Å². The summed E-state index contributed by atoms with van der Waals surface area (Å²) in [5.41, 5.74) is 13.2. The van der Waals surface area contributed by atoms with Crippen LogP contribution in [0, 0.1) is 5.41 Å². The van der Waals surface area contributed by atoms with Crippen molar-refractivity contribution in [3.05, 3.63) is 76.0 Å². The van der Waals surface area contributed by atoms with Crippen LogP contribution in [0.1, 0.15) is 43.5 Å². The molecule has 1 heterocycles. The smallest absolute Gasteiger partial charge is 0.265 e. The molecule has 0 saturated carbocycles. The first-order chi connectivity index (χ1) is 17.3. The summed E-state index contributed by atoms with van der Waals surface area (Å²) < 4.78 is 11.6. The number of anilines is 1. The normalized spacial score (nSPS) is 11.4. The zero-order valence-corrected chi connectivity index (χ0v) is 21.3. The van der Waals surface area contributed by atoms with Crippen molar-refractivity contribution < 1.29 is 19.1 Å². The zero-order valence-electron chi connectivity index (χ0n) is 20.5. The highest BCUT2D eigenvalue weighted by atomic mass is 32.1. The SMILES string of the molecule is CCOc1cc(C(Nc2ccc(C(=N)N)cc2)C(=O)NNC(=O)Cc2ccsc2)ccc1OC(C)C. The predicted molar refractivity (Wildman–Crippen MR) is 142 cm³/mol. The first-order valence-electron chi connectivity index (χ1n) is 11.5. The molecule has 1 aromatic heterocycles. The van der Waals surface area contributed by atoms with Gasteiger partial charge in [0.15, 0.2) is 11.5 Å². The van der Waals surface area contributed by atoms with Gasteiger partial charge in [-0.25, -0.2) is 0 Å². The number of hydrogen-bond acceptors (Lipinski definition) is 7. The van der Waals surface area contributed by atoms with Crippen LogP contribution in [0.4, 0.5) is 5.69 Å². The monoisotopic (exact) mass is 509 g/mol. The van der Waals surface area contributed by atoms with Crippen molar-refractivity contribution in [3.8, 4) is 11.5 Å². The molecule has 1 atom stereocenters. The maximum Gasteiger partial charge on any atom is 0.265 e. The number of carbonyl (C=O) groups is 2. The molecule has 6 N–H and O–H groups in total. The second kappa shape index (κ2) is 12.6. The molecule has 10 heteroatoms. The first-order valence-corrected chi connectivity index (χ1v) is 12.4. The summed E-state index contributed by atoms with van der Waals surface area (Å²) >= 11 is 1.50. The van der Waals surface area contributed by atoms with Crippen molar-refractivity contribution in [2.75, 3.05) is 11.9 Å². The lowest BCUT2D eigenvalue weighted by molar-refractivity contribution is -0.129. The molecule has 3 aromatic rings. The van der Waals surface area contributed by atoms with Crippen LogP contribution in [-0.2, 0) is 16.0 Å². The fraction of sp³-hybridized carbons (Fsp3) is 0.269. The third-order valence-corrected chi connectivity index (χ3v) is 5.73. The van der Waals surface area contributed by atoms with Crippen LogP contribution in [-0.4, -0.2) is 30.4 Å². The molecule has 0 fully saturated rings. The van der Waals surface area contributed by atoms with Gasteiger partial charge in [0.1, 0.15) is 11.9 Å². The molecule has 36 heavy (non-hydrogen) atoms. The van der Waals surface area contributed by atoms with Crippen molar-refractivity contribution in [2.45, 2.75) is 39.3 Å². The van der Waals surface area contributed by atoms with E-state index in [1.54, 1.807) is 42.5 Å². The van der Waals surface area contributed by atoms with E-state index < -0.39 is 11.9 Å². The quantitative estimate of drug-likeness (QED) is 0.152. The van der Waals surface area contributed by atoms with Gasteiger partial charge in [-0.2, -0.15) is 11.3 Å². The number of rotatable bonds is 11. The minimum absolute atomic E-state index is 0.0497. The molecule has 0 aliphatic rings. The fourth-order valence-corrected chi connectivity index (χ4v) is 4.03. The molecule has 0 radical (unpaired) electrons. The topological polar surface area (TPSA) is 139 Å². The number of amidine groups is 1. The Morgan fingerprint density at radius 3 is 2.42 bits per heavy atom. The highest BCUT2D eigenvalue weighted by Crippen LogP contribution is 2.32. The van der Waals surface area contributed by atoms with E-state index in [1.165, 1.54) is 11.3 Å². The Bertz CT molecular complexity index is 1180. The van der Waals surface area contributed by atoms with Gasteiger partial charge >= 0.3 is 0 Å². The molecule has 9 nitrogen and oxygen atoms in total. The van der Waals surface area contributed by atoms with Gasteiger partial charge in [-0.1, -0.05) is 6.07 Å². The molecule has 190 valence electrons. The lowest BCUT2D eigenvalue weighted by Gasteiger charge is -2.22. The number of thiophene rings is 1. The minimum Gasteiger partial charge on any atom is -0.490 e. The average molecular weight is 510 g/mol. The van der Waals surface area contributed by atoms with E-state index in [4.69, 9.17) is 20.6 Å². The molecular formula is C26H31N5O4S. The highest BCUT2D eigenvalue weighted by molar-refractivity contribution is 7.08. The van der Waals surface area contributed by atoms with Crippen LogP contribution in [0.25, 0.3) is 0 Å². The lowest BCUT2D eigenvalue weighted by atomic mass is 10.0. The van der Waals surface area contributed by atoms with Gasteiger partial charge in [-0.3, -0.25) is 25.8 Å². The summed E-state index contributed by atoms with van der Waals surface area (Å²) in [6, 6.07) is 13.1. The Kier molecular flexibility index (Phi) is 9.29. The van der Waals surface area contributed by atoms with Gasteiger partial charge in [-0.15, -0.1) is 0 Å². The van der Waals surface area contributed by atoms with Crippen LogP contribution in [0.2, 0.25) is 0 Å². The van der Waals surface area contributed by atoms with Gasteiger partial charge in [0, 0.05) is 11.3 Å². The third kappa shape index (κ3) is 7.47. The van der Waals surface area contributed by atoms with E-state index in [-0.39, 0.29) is 24.3 Å². The molecular weight excluding hydrogens is 478 g/mol. The Hall–Kier alpha value is -4.05. The second-order valence-electron chi connectivity index (χ2n) is 8.22. The summed E-state index contributed by atoms with van der Waals surface area (Å²) in [6.45, 7) is 6.14. The maximum absolute atomic E-state index is 13.2. The number of nitrogens with one attached hydrogen (secondary N) is 4. The number of ether oxygens (including phenoxy) is 2. The number of hydrazine groups is 1. The molecule has 0 bridgehead atoms. The van der Waals surface area contributed by atoms with E-state index in [9.17, 15) is 9.59 Å². The fourth-order valence-electron chi connectivity index (χ4n) is 3.36. The summed E-state index contributed by atoms with van der Waals surface area (Å²) in [5, 5.41) is 14.5. The van der Waals surface area contributed by atoms with Gasteiger partial charge in [0.25, 0.3) is 5.91 Å². The Balaban J connectivity index is 1.84. The molecule has 0 aliphatic carbocycles. The van der Waals surface area contributed by atoms with Crippen LogP contribution < -0.4 is 31.4 Å². The summed E-state index contributed by atoms with van der Waals surface area (Å²) in [7, 11) is 0. The van der Waals surface area contributed by atoms with Crippen LogP contribution >= 0.6 is 11.3 Å². The van der Waals surface area contributed by atoms with E-state index in [0.29, 0.717) is 34.9 Å². The van der Waals surface area contributed by atoms with Crippen molar-refractivity contribution >= 4 is 34.7 Å². The standard InChI is InChI=1S/C26H31N5O4S/c1-4-34-22-14-19(7-10-21(22)35-16(2)3)24(29-20-8-5-18(6-9-20)25(27)28)26(33)31-30-23(32)13-17-11-12-36-15-17/h5-12,14-16,24,29H,4,13H2,1-3H3,(H3,27,28)(H,30,32)(H,31,33). The van der Waals surface area contributed by atoms with Gasteiger partial charge in [-0.05, 0) is 85.1 Å². The van der Waals surface area contributed by atoms with Gasteiger partial charge in [0.2, 0.25) is 5.91 Å². The average Bonchev–Trinajstić information content (AvgIpc) is 3.35. The van der Waals surface area contributed by atoms with Gasteiger partial charge < -0.3 is 20.5 Å². The molecule has 0 aliphatic heterocycles. The number of hydrogen-bond donors (Lipinski definition) is 5. The van der Waals surface area contributed by atoms with Crippen molar-refractivity contribution in [2.24, 2.45) is 5.73 Å². The maximum atomic E-state index is 13.2. The van der Waals surface area contributed by atoms with Crippen molar-refractivity contribution in [1.82, 2.24) is 10.9 Å². The minimum atomic E-state index is -0.873. The largest absolute Gasteiger partial charge is 0.490 e. The van der Waals surface area contributed by atoms with Crippen molar-refractivity contribution in [1.29, 1.82) is 5.41 Å². The molecule has 0 saturated heterocycles. The first kappa shape index (κ1) is 26.6. The van der Waals surface area contributed by atoms with E-state index in [2.05, 4.69) is 16.2 Å². The summed E-state index contributed by atoms with van der Waals surface area (Å²) in [6.07, 6.45) is 0.106. The summed E-state index contributed by atoms with van der Waals surface area (Å²) in [5.74, 6) is 0.235. The number of nitrogens with two attached hydrogens (primary N) is 1. The summed E-state index contributed by atoms with van der Waals surface area (Å²) in [4.78, 5) is 25.6. The Morgan fingerprint density at radius 1 is 1.06 bits per heavy atom. The molecule has 0 spiro atoms. The molecule has 2 amide bonds. The predicted octanol–water partition coefficient (Wildman–Crippen LogP) is 3.76. The lowest BCUT2D eigenvalue weighted by Crippen LogP contribution is -2.46. The van der Waals surface area contributed by atoms with Crippen LogP contribution in [0.3, 0.4) is 0 Å². The third-order valence-electron chi connectivity index (χ3n) is 5.00. The second-order valence-corrected chi connectivity index (χ2v) is 9.00. The highest BCUT2D eigenvalue weighted by Gasteiger charge is 2.23. The number of benzene rings is 2. The zero-order chi connectivity index (χ0) is 26.1. The van der Waals surface area contributed by atoms with E-state index >= 15 is 0 Å². The number of nitrogen functional groups attached to an aromatic ring is 1. The van der Waals surface area contributed by atoms with Crippen LogP contribution in [0.5, 0.6) is 11.5 Å². The number of amides is 2. The number of carbonyl (C=O) groups excluding carboxylic acids is 2. The Morgan fingerprint density at radius 2 is 1.81 bits per heavy atom. The molecule has 3 rings (SSSR count). The van der Waals surface area contributed by atoms with Crippen LogP contribution in [0.15, 0.2) is 59.3 Å². The molecule has 2 aromatic carbocycles. The van der Waals surface area contributed by atoms with E-state index in [0.717, 1.165) is 5.56 Å². The molecule has 1 unspecified atom stereocenters. The van der Waals surface area contributed by atoms with Gasteiger partial charge in [0.05, 0.1) is 19.1 Å².